The molecule has 0 unspecified atom stereocenters. The van der Waals surface area contributed by atoms with E-state index in [0.29, 0.717) is 6.54 Å². The summed E-state index contributed by atoms with van der Waals surface area (Å²) in [5.74, 6) is -4.18. The first-order chi connectivity index (χ1) is 9.19. The molecule has 0 saturated heterocycles. The van der Waals surface area contributed by atoms with E-state index in [0.717, 1.165) is 12.1 Å². The highest BCUT2D eigenvalue weighted by molar-refractivity contribution is 5.82. The molecule has 0 aliphatic rings. The number of rotatable bonds is 5. The van der Waals surface area contributed by atoms with E-state index in [9.17, 15) is 18.0 Å². The summed E-state index contributed by atoms with van der Waals surface area (Å²) in [4.78, 5) is 13.6. The van der Waals surface area contributed by atoms with Crippen LogP contribution in [0.4, 0.5) is 13.2 Å². The molecule has 1 aromatic carbocycles. The average Bonchev–Trinajstić information content (AvgIpc) is 2.34. The predicted octanol–water partition coefficient (Wildman–Crippen LogP) is 2.31. The summed E-state index contributed by atoms with van der Waals surface area (Å²) < 4.78 is 39.1. The van der Waals surface area contributed by atoms with Gasteiger partial charge in [-0.3, -0.25) is 4.79 Å². The minimum absolute atomic E-state index is 0.0140. The first kappa shape index (κ1) is 16.5. The highest BCUT2D eigenvalue weighted by Gasteiger charge is 2.29. The Morgan fingerprint density at radius 2 is 1.75 bits per heavy atom. The molecule has 0 fully saturated rings. The van der Waals surface area contributed by atoms with Crippen LogP contribution in [0.3, 0.4) is 0 Å². The molecule has 0 bridgehead atoms. The van der Waals surface area contributed by atoms with Crippen LogP contribution in [-0.2, 0) is 11.3 Å². The van der Waals surface area contributed by atoms with E-state index >= 15 is 0 Å². The lowest BCUT2D eigenvalue weighted by Gasteiger charge is -2.29. The molecule has 0 heterocycles. The number of hydrogen-bond donors (Lipinski definition) is 1. The third-order valence-electron chi connectivity index (χ3n) is 3.01. The van der Waals surface area contributed by atoms with Crippen molar-refractivity contribution in [3.63, 3.8) is 0 Å². The molecule has 20 heavy (non-hydrogen) atoms. The van der Waals surface area contributed by atoms with Gasteiger partial charge in [0.15, 0.2) is 17.5 Å². The van der Waals surface area contributed by atoms with Gasteiger partial charge < -0.3 is 10.2 Å². The van der Waals surface area contributed by atoms with Gasteiger partial charge in [-0.15, -0.1) is 0 Å². The summed E-state index contributed by atoms with van der Waals surface area (Å²) in [7, 11) is 3.28. The number of carbonyl (C=O) groups is 1. The van der Waals surface area contributed by atoms with Gasteiger partial charge in [0.05, 0.1) is 5.41 Å². The van der Waals surface area contributed by atoms with Crippen molar-refractivity contribution in [2.45, 2.75) is 20.4 Å². The Hall–Kier alpha value is -1.56. The van der Waals surface area contributed by atoms with E-state index in [4.69, 9.17) is 0 Å². The van der Waals surface area contributed by atoms with Crippen LogP contribution in [0.25, 0.3) is 0 Å². The average molecular weight is 288 g/mol. The number of nitrogens with one attached hydrogen (secondary N) is 1. The zero-order valence-electron chi connectivity index (χ0n) is 12.1. The van der Waals surface area contributed by atoms with Crippen molar-refractivity contribution in [3.05, 3.63) is 35.1 Å². The quantitative estimate of drug-likeness (QED) is 0.843. The predicted molar refractivity (Wildman–Crippen MR) is 70.5 cm³/mol. The summed E-state index contributed by atoms with van der Waals surface area (Å²) in [6.45, 7) is 4.03. The van der Waals surface area contributed by atoms with Crippen molar-refractivity contribution >= 4 is 5.91 Å². The monoisotopic (exact) mass is 288 g/mol. The van der Waals surface area contributed by atoms with Gasteiger partial charge in [-0.1, -0.05) is 0 Å². The fourth-order valence-corrected chi connectivity index (χ4v) is 2.08. The number of benzene rings is 1. The van der Waals surface area contributed by atoms with Gasteiger partial charge in [0.1, 0.15) is 0 Å². The summed E-state index contributed by atoms with van der Waals surface area (Å²) in [6.07, 6.45) is 0. The van der Waals surface area contributed by atoms with E-state index in [2.05, 4.69) is 5.32 Å². The van der Waals surface area contributed by atoms with Crippen molar-refractivity contribution in [2.24, 2.45) is 5.41 Å². The zero-order chi connectivity index (χ0) is 15.5. The second-order valence-corrected chi connectivity index (χ2v) is 5.45. The van der Waals surface area contributed by atoms with E-state index in [-0.39, 0.29) is 18.0 Å². The lowest BCUT2D eigenvalue weighted by molar-refractivity contribution is -0.139. The van der Waals surface area contributed by atoms with Gasteiger partial charge in [0.2, 0.25) is 5.91 Å². The Morgan fingerprint density at radius 1 is 1.25 bits per heavy atom. The number of carbonyl (C=O) groups excluding carboxylic acids is 1. The van der Waals surface area contributed by atoms with Crippen molar-refractivity contribution < 1.29 is 18.0 Å². The van der Waals surface area contributed by atoms with Gasteiger partial charge in [0, 0.05) is 20.1 Å². The third-order valence-corrected chi connectivity index (χ3v) is 3.01. The molecule has 112 valence electrons. The Bertz CT molecular complexity index is 480. The summed E-state index contributed by atoms with van der Waals surface area (Å²) in [5.41, 5.74) is -0.432. The fourth-order valence-electron chi connectivity index (χ4n) is 2.08. The molecule has 1 amide bonds. The van der Waals surface area contributed by atoms with Crippen LogP contribution in [0.2, 0.25) is 0 Å². The van der Waals surface area contributed by atoms with Crippen LogP contribution in [0.15, 0.2) is 12.1 Å². The SMILES string of the molecule is CNCC(C)(C)C(=O)N(C)Cc1cc(F)c(F)c(F)c1. The van der Waals surface area contributed by atoms with Gasteiger partial charge in [-0.05, 0) is 38.6 Å². The molecule has 3 nitrogen and oxygen atoms in total. The molecule has 0 aliphatic heterocycles. The smallest absolute Gasteiger partial charge is 0.229 e. The van der Waals surface area contributed by atoms with E-state index < -0.39 is 22.9 Å². The van der Waals surface area contributed by atoms with Gasteiger partial charge in [-0.25, -0.2) is 13.2 Å². The topological polar surface area (TPSA) is 32.3 Å². The molecule has 0 spiro atoms. The molecule has 1 aromatic rings. The molecule has 0 atom stereocenters. The van der Waals surface area contributed by atoms with Crippen LogP contribution in [0, 0.1) is 22.9 Å². The van der Waals surface area contributed by atoms with E-state index in [1.807, 2.05) is 0 Å². The van der Waals surface area contributed by atoms with Gasteiger partial charge in [-0.2, -0.15) is 0 Å². The Balaban J connectivity index is 2.86. The van der Waals surface area contributed by atoms with Gasteiger partial charge in [0.25, 0.3) is 0 Å². The van der Waals surface area contributed by atoms with Crippen LogP contribution < -0.4 is 5.32 Å². The van der Waals surface area contributed by atoms with Crippen LogP contribution in [0.1, 0.15) is 19.4 Å². The van der Waals surface area contributed by atoms with Gasteiger partial charge >= 0.3 is 0 Å². The highest BCUT2D eigenvalue weighted by Crippen LogP contribution is 2.20. The largest absolute Gasteiger partial charge is 0.341 e. The lowest BCUT2D eigenvalue weighted by Crippen LogP contribution is -2.43. The van der Waals surface area contributed by atoms with Crippen molar-refractivity contribution in [1.29, 1.82) is 0 Å². The molecule has 1 rings (SSSR count). The molecule has 0 saturated carbocycles. The molecule has 0 aromatic heterocycles. The van der Waals surface area contributed by atoms with Crippen LogP contribution >= 0.6 is 0 Å². The summed E-state index contributed by atoms with van der Waals surface area (Å²) in [6, 6.07) is 1.79. The van der Waals surface area contributed by atoms with E-state index in [1.165, 1.54) is 4.90 Å². The lowest BCUT2D eigenvalue weighted by atomic mass is 9.91. The van der Waals surface area contributed by atoms with Crippen molar-refractivity contribution in [3.8, 4) is 0 Å². The molecule has 6 heteroatoms. The normalized spacial score (nSPS) is 11.6. The first-order valence-electron chi connectivity index (χ1n) is 6.22. The third kappa shape index (κ3) is 3.72. The molecule has 0 aliphatic carbocycles. The molecule has 1 N–H and O–H groups in total. The minimum atomic E-state index is -1.50. The maximum atomic E-state index is 13.1. The molecular formula is C14H19F3N2O. The van der Waals surface area contributed by atoms with Crippen LogP contribution in [-0.4, -0.2) is 31.4 Å². The number of hydrogen-bond acceptors (Lipinski definition) is 2. The van der Waals surface area contributed by atoms with E-state index in [1.54, 1.807) is 27.9 Å². The first-order valence-corrected chi connectivity index (χ1v) is 6.22. The van der Waals surface area contributed by atoms with Crippen molar-refractivity contribution in [1.82, 2.24) is 10.2 Å². The van der Waals surface area contributed by atoms with Crippen LogP contribution in [0.5, 0.6) is 0 Å². The number of nitrogens with zero attached hydrogens (tertiary/aromatic N) is 1. The zero-order valence-corrected chi connectivity index (χ0v) is 12.1. The van der Waals surface area contributed by atoms with Crippen molar-refractivity contribution in [2.75, 3.05) is 20.6 Å². The maximum Gasteiger partial charge on any atom is 0.229 e. The number of halogens is 3. The number of amides is 1. The second kappa shape index (κ2) is 6.26. The maximum absolute atomic E-state index is 13.1. The standard InChI is InChI=1S/C14H19F3N2O/c1-14(2,8-18-3)13(20)19(4)7-9-5-10(15)12(17)11(16)6-9/h5-6,18H,7-8H2,1-4H3. The highest BCUT2D eigenvalue weighted by atomic mass is 19.2. The fraction of sp³-hybridized carbons (Fsp3) is 0.500. The Labute approximate surface area is 116 Å². The Kier molecular flexibility index (Phi) is 5.16. The second-order valence-electron chi connectivity index (χ2n) is 5.45. The Morgan fingerprint density at radius 3 is 2.20 bits per heavy atom. The molecular weight excluding hydrogens is 269 g/mol. The molecule has 0 radical (unpaired) electrons. The summed E-state index contributed by atoms with van der Waals surface area (Å²) >= 11 is 0. The minimum Gasteiger partial charge on any atom is -0.341 e. The summed E-state index contributed by atoms with van der Waals surface area (Å²) in [5, 5.41) is 2.92.